The summed E-state index contributed by atoms with van der Waals surface area (Å²) >= 11 is 3.89. The second-order valence-electron chi connectivity index (χ2n) is 9.49. The van der Waals surface area contributed by atoms with Crippen LogP contribution in [0, 0.1) is 6.92 Å². The second-order valence-corrected chi connectivity index (χ2v) is 13.8. The Morgan fingerprint density at radius 1 is 1.00 bits per heavy atom. The van der Waals surface area contributed by atoms with Gasteiger partial charge in [0.05, 0.1) is 25.2 Å². The van der Waals surface area contributed by atoms with Gasteiger partial charge in [-0.15, -0.1) is 0 Å². The number of hydrogen-bond donors (Lipinski definition) is 3. The number of alkyl halides is 2. The first-order valence-electron chi connectivity index (χ1n) is 12.2. The predicted octanol–water partition coefficient (Wildman–Crippen LogP) is 1.11. The van der Waals surface area contributed by atoms with E-state index in [0.717, 1.165) is 12.3 Å². The lowest BCUT2D eigenvalue weighted by Crippen LogP contribution is -2.37. The summed E-state index contributed by atoms with van der Waals surface area (Å²) in [5.41, 5.74) is -0.722. The summed E-state index contributed by atoms with van der Waals surface area (Å²) in [5, 5.41) is 0. The van der Waals surface area contributed by atoms with Gasteiger partial charge in [0.25, 0.3) is 5.56 Å². The van der Waals surface area contributed by atoms with Crippen LogP contribution in [-0.4, -0.2) is 83.9 Å². The molecule has 0 radical (unpaired) electrons. The molecule has 42 heavy (non-hydrogen) atoms. The molecule has 2 N–H and O–H groups in total. The molecule has 228 valence electrons. The molecule has 0 saturated carbocycles. The van der Waals surface area contributed by atoms with Crippen molar-refractivity contribution >= 4 is 38.0 Å². The highest BCUT2D eigenvalue weighted by molar-refractivity contribution is 8.44. The fourth-order valence-electron chi connectivity index (χ4n) is 4.84. The molecular weight excluding hydrogens is 632 g/mol. The Kier molecular flexibility index (Phi) is 7.75. The molecule has 6 heterocycles. The van der Waals surface area contributed by atoms with Crippen molar-refractivity contribution in [1.29, 1.82) is 0 Å². The zero-order valence-corrected chi connectivity index (χ0v) is 23.9. The van der Waals surface area contributed by atoms with Gasteiger partial charge in [-0.25, -0.2) is 37.7 Å². The van der Waals surface area contributed by atoms with Crippen molar-refractivity contribution in [2.75, 3.05) is 13.2 Å². The standard InChI is InChI=1S/C20H22F2N6O11P2S/c1-8-14-17(24-6-23-8)28(7-25-14)19-12(21)15-10(37-19)5-35-41(33,42)39-16-9(4-34-40(31,32)38-15)36-18(13(16)22)27-3-2-11(29)26-20(27)30/h2-3,6-7,9-10,12-13,15-16,18-19H,4-5H2,1H3,(H,31,32)(H,33,42)(H,26,29,30)/t9-,10-,12-,13-,15-,16-,18-,19-,41?/m1/s1. The number of nitrogens with zero attached hydrogens (tertiary/aromatic N) is 5. The summed E-state index contributed by atoms with van der Waals surface area (Å²) in [6.07, 6.45) is -10.8. The van der Waals surface area contributed by atoms with Crippen LogP contribution in [-0.2, 0) is 36.7 Å². The average Bonchev–Trinajstić information content (AvgIpc) is 3.57. The molecule has 0 spiro atoms. The largest absolute Gasteiger partial charge is 0.472 e. The molecule has 3 aromatic heterocycles. The van der Waals surface area contributed by atoms with Crippen LogP contribution >= 0.6 is 26.9 Å². The summed E-state index contributed by atoms with van der Waals surface area (Å²) in [4.78, 5) is 48.3. The Labute approximate surface area is 238 Å². The molecule has 3 aliphatic rings. The number of nitrogens with one attached hydrogen (secondary N) is 1. The van der Waals surface area contributed by atoms with Gasteiger partial charge >= 0.3 is 20.3 Å². The molecule has 3 aliphatic heterocycles. The number of hydrogen-bond acceptors (Lipinski definition) is 13. The maximum Gasteiger partial charge on any atom is 0.472 e. The van der Waals surface area contributed by atoms with Crippen LogP contribution in [0.25, 0.3) is 11.2 Å². The lowest BCUT2D eigenvalue weighted by atomic mass is 10.1. The molecule has 17 nitrogen and oxygen atoms in total. The van der Waals surface area contributed by atoms with Gasteiger partial charge in [0.15, 0.2) is 30.4 Å². The van der Waals surface area contributed by atoms with Crippen LogP contribution in [0.3, 0.4) is 0 Å². The van der Waals surface area contributed by atoms with E-state index in [1.165, 1.54) is 17.2 Å². The third-order valence-corrected chi connectivity index (χ3v) is 9.39. The summed E-state index contributed by atoms with van der Waals surface area (Å²) in [6.45, 7) is -4.45. The zero-order valence-electron chi connectivity index (χ0n) is 21.2. The number of fused-ring (bicyclic) bond motifs is 3. The number of phosphoric acid groups is 1. The Balaban J connectivity index is 1.28. The van der Waals surface area contributed by atoms with Crippen molar-refractivity contribution in [1.82, 2.24) is 29.1 Å². The smallest absolute Gasteiger partial charge is 0.346 e. The zero-order chi connectivity index (χ0) is 30.0. The van der Waals surface area contributed by atoms with Gasteiger partial charge in [-0.05, 0) is 6.92 Å². The normalized spacial score (nSPS) is 39.4. The minimum atomic E-state index is -5.10. The van der Waals surface area contributed by atoms with Crippen molar-refractivity contribution < 1.29 is 50.4 Å². The van der Waals surface area contributed by atoms with Crippen LogP contribution in [0.5, 0.6) is 0 Å². The number of imidazole rings is 1. The molecule has 22 heteroatoms. The number of rotatable bonds is 2. The molecular formula is C20H22F2N6O11P2S. The van der Waals surface area contributed by atoms with Gasteiger partial charge < -0.3 is 14.4 Å². The van der Waals surface area contributed by atoms with E-state index >= 15 is 8.78 Å². The van der Waals surface area contributed by atoms with Crippen LogP contribution in [0.15, 0.2) is 34.5 Å². The lowest BCUT2D eigenvalue weighted by molar-refractivity contribution is -0.0619. The first-order chi connectivity index (χ1) is 19.8. The third kappa shape index (κ3) is 5.52. The van der Waals surface area contributed by atoms with E-state index in [-0.39, 0.29) is 5.65 Å². The lowest BCUT2D eigenvalue weighted by Gasteiger charge is -2.27. The van der Waals surface area contributed by atoms with E-state index in [1.807, 2.05) is 4.98 Å². The van der Waals surface area contributed by atoms with Gasteiger partial charge in [0.2, 0.25) is 0 Å². The summed E-state index contributed by atoms with van der Waals surface area (Å²) < 4.78 is 91.3. The fraction of sp³-hybridized carbons (Fsp3) is 0.550. The summed E-state index contributed by atoms with van der Waals surface area (Å²) in [5.74, 6) is 0. The monoisotopic (exact) mass is 654 g/mol. The molecule has 3 saturated heterocycles. The van der Waals surface area contributed by atoms with E-state index in [4.69, 9.17) is 27.6 Å². The maximum atomic E-state index is 15.8. The molecule has 3 fully saturated rings. The molecule has 0 aromatic carbocycles. The van der Waals surface area contributed by atoms with E-state index in [9.17, 15) is 23.6 Å². The SMILES string of the molecule is Cc1ncnc2c1ncn2[C@@H]1O[C@@H]2COP(=O)(S)O[C@H]3[C@@H](F)[C@H](n4ccc(=O)[nH]c4=O)O[C@@H]3COP(=O)(O)O[C@H]2[C@H]1F. The highest BCUT2D eigenvalue weighted by atomic mass is 32.7. The number of halogens is 2. The van der Waals surface area contributed by atoms with Crippen LogP contribution in [0.2, 0.25) is 0 Å². The number of aromatic amines is 1. The first-order valence-corrected chi connectivity index (χ1v) is 16.4. The van der Waals surface area contributed by atoms with Crippen LogP contribution in [0.1, 0.15) is 18.1 Å². The van der Waals surface area contributed by atoms with Crippen molar-refractivity contribution in [3.8, 4) is 0 Å². The highest BCUT2D eigenvalue weighted by Crippen LogP contribution is 2.58. The topological polar surface area (TPSA) is 208 Å². The number of ether oxygens (including phenoxy) is 2. The quantitative estimate of drug-likeness (QED) is 0.261. The molecule has 10 atom stereocenters. The number of thiol groups is 1. The fourth-order valence-corrected chi connectivity index (χ4v) is 7.28. The minimum Gasteiger partial charge on any atom is -0.346 e. The Morgan fingerprint density at radius 3 is 2.33 bits per heavy atom. The number of phosphoric ester groups is 1. The number of aryl methyl sites for hydroxylation is 1. The Hall–Kier alpha value is -2.38. The van der Waals surface area contributed by atoms with E-state index in [1.54, 1.807) is 6.92 Å². The molecule has 6 rings (SSSR count). The molecule has 3 aromatic rings. The van der Waals surface area contributed by atoms with Gasteiger partial charge in [-0.2, -0.15) is 0 Å². The highest BCUT2D eigenvalue weighted by Gasteiger charge is 2.54. The summed E-state index contributed by atoms with van der Waals surface area (Å²) in [6, 6.07) is 0.933. The molecule has 0 amide bonds. The molecule has 0 bridgehead atoms. The van der Waals surface area contributed by atoms with Gasteiger partial charge in [0, 0.05) is 12.3 Å². The third-order valence-electron chi connectivity index (χ3n) is 6.79. The molecule has 2 unspecified atom stereocenters. The van der Waals surface area contributed by atoms with E-state index in [0.29, 0.717) is 15.8 Å². The maximum absolute atomic E-state index is 15.8. The van der Waals surface area contributed by atoms with Gasteiger partial charge in [-0.1, -0.05) is 12.2 Å². The van der Waals surface area contributed by atoms with Crippen molar-refractivity contribution in [3.63, 3.8) is 0 Å². The Bertz CT molecular complexity index is 1730. The minimum absolute atomic E-state index is 0.204. The second kappa shape index (κ2) is 11.0. The van der Waals surface area contributed by atoms with Crippen LogP contribution < -0.4 is 11.2 Å². The summed E-state index contributed by atoms with van der Waals surface area (Å²) in [7, 11) is -5.10. The van der Waals surface area contributed by atoms with E-state index in [2.05, 4.69) is 27.2 Å². The van der Waals surface area contributed by atoms with Crippen molar-refractivity contribution in [2.24, 2.45) is 0 Å². The molecule has 0 aliphatic carbocycles. The van der Waals surface area contributed by atoms with E-state index < -0.39 is 88.3 Å². The number of H-pyrrole nitrogens is 1. The number of aromatic nitrogens is 6. The first kappa shape index (κ1) is 29.7. The van der Waals surface area contributed by atoms with Crippen molar-refractivity contribution in [3.05, 3.63) is 51.4 Å². The predicted molar refractivity (Wildman–Crippen MR) is 137 cm³/mol. The Morgan fingerprint density at radius 2 is 1.64 bits per heavy atom. The van der Waals surface area contributed by atoms with Crippen LogP contribution in [0.4, 0.5) is 8.78 Å². The average molecular weight is 654 g/mol. The van der Waals surface area contributed by atoms with Gasteiger partial charge in [0.1, 0.15) is 36.3 Å². The van der Waals surface area contributed by atoms with Crippen molar-refractivity contribution in [2.45, 2.75) is 56.1 Å². The van der Waals surface area contributed by atoms with Gasteiger partial charge in [-0.3, -0.25) is 37.0 Å².